The molecule has 0 aliphatic heterocycles. The topological polar surface area (TPSA) is 66.5 Å². The highest BCUT2D eigenvalue weighted by molar-refractivity contribution is 6.17. The molecule has 1 aromatic carbocycles. The fraction of sp³-hybridized carbons (Fsp3) is 0.500. The van der Waals surface area contributed by atoms with Crippen molar-refractivity contribution in [2.75, 3.05) is 12.4 Å². The Morgan fingerprint density at radius 1 is 1.19 bits per heavy atom. The Kier molecular flexibility index (Phi) is 5.77. The van der Waals surface area contributed by atoms with Crippen LogP contribution < -0.4 is 5.73 Å². The molecule has 16 heavy (non-hydrogen) atoms. The summed E-state index contributed by atoms with van der Waals surface area (Å²) in [6, 6.07) is 7.46. The number of hydrogen-bond acceptors (Lipinski definition) is 3. The van der Waals surface area contributed by atoms with Crippen LogP contribution in [0.1, 0.15) is 23.7 Å². The van der Waals surface area contributed by atoms with Gasteiger partial charge in [0.05, 0.1) is 6.10 Å². The van der Waals surface area contributed by atoms with Gasteiger partial charge in [-0.1, -0.05) is 24.3 Å². The number of alkyl halides is 1. The van der Waals surface area contributed by atoms with Crippen LogP contribution in [0, 0.1) is 0 Å². The van der Waals surface area contributed by atoms with Crippen molar-refractivity contribution >= 4 is 11.6 Å². The Morgan fingerprint density at radius 2 is 1.81 bits per heavy atom. The molecule has 0 saturated carbocycles. The number of halogens is 1. The summed E-state index contributed by atoms with van der Waals surface area (Å²) in [6.45, 7) is 0.608. The first kappa shape index (κ1) is 13.5. The van der Waals surface area contributed by atoms with Gasteiger partial charge in [-0.25, -0.2) is 0 Å². The van der Waals surface area contributed by atoms with Gasteiger partial charge in [0.15, 0.2) is 0 Å². The van der Waals surface area contributed by atoms with E-state index in [1.54, 1.807) is 0 Å². The second-order valence-electron chi connectivity index (χ2n) is 3.77. The lowest BCUT2D eigenvalue weighted by Gasteiger charge is -2.17. The van der Waals surface area contributed by atoms with Gasteiger partial charge in [0, 0.05) is 5.88 Å². The summed E-state index contributed by atoms with van der Waals surface area (Å²) in [7, 11) is 0. The molecule has 3 nitrogen and oxygen atoms in total. The summed E-state index contributed by atoms with van der Waals surface area (Å²) in [4.78, 5) is 0. The molecular formula is C12H18ClNO2. The molecule has 4 N–H and O–H groups in total. The minimum Gasteiger partial charge on any atom is -0.390 e. The van der Waals surface area contributed by atoms with E-state index in [9.17, 15) is 10.2 Å². The molecule has 0 aromatic heterocycles. The zero-order chi connectivity index (χ0) is 12.0. The van der Waals surface area contributed by atoms with Crippen molar-refractivity contribution in [3.8, 4) is 0 Å². The largest absolute Gasteiger partial charge is 0.390 e. The highest BCUT2D eigenvalue weighted by atomic mass is 35.5. The molecule has 0 heterocycles. The van der Waals surface area contributed by atoms with Crippen molar-refractivity contribution in [2.24, 2.45) is 5.73 Å². The second kappa shape index (κ2) is 6.86. The van der Waals surface area contributed by atoms with Crippen molar-refractivity contribution in [2.45, 2.75) is 25.0 Å². The van der Waals surface area contributed by atoms with Gasteiger partial charge in [0.2, 0.25) is 0 Å². The van der Waals surface area contributed by atoms with Crippen molar-refractivity contribution < 1.29 is 10.2 Å². The highest BCUT2D eigenvalue weighted by Gasteiger charge is 2.17. The summed E-state index contributed by atoms with van der Waals surface area (Å²) in [5, 5.41) is 19.4. The number of aliphatic hydroxyl groups is 2. The van der Waals surface area contributed by atoms with E-state index in [2.05, 4.69) is 0 Å². The van der Waals surface area contributed by atoms with Gasteiger partial charge in [0.25, 0.3) is 0 Å². The minimum atomic E-state index is -0.870. The van der Waals surface area contributed by atoms with Crippen molar-refractivity contribution in [1.82, 2.24) is 0 Å². The summed E-state index contributed by atoms with van der Waals surface area (Å²) < 4.78 is 0. The van der Waals surface area contributed by atoms with Crippen LogP contribution in [0.5, 0.6) is 0 Å². The molecular weight excluding hydrogens is 226 g/mol. The zero-order valence-corrected chi connectivity index (χ0v) is 9.90. The number of aliphatic hydroxyl groups excluding tert-OH is 2. The molecule has 0 amide bonds. The Bertz CT molecular complexity index is 302. The molecule has 0 fully saturated rings. The molecule has 4 heteroatoms. The maximum Gasteiger partial charge on any atom is 0.105 e. The van der Waals surface area contributed by atoms with Crippen LogP contribution in [-0.4, -0.2) is 28.7 Å². The average Bonchev–Trinajstić information content (AvgIpc) is 2.30. The van der Waals surface area contributed by atoms with Crippen LogP contribution in [0.2, 0.25) is 0 Å². The Hall–Kier alpha value is -0.610. The third-order valence-corrected chi connectivity index (χ3v) is 2.74. The standard InChI is InChI=1S/C12H18ClNO2/c13-7-5-11(15)12(16)10-3-1-9(2-4-10)6-8-14/h1-4,11-12,15-16H,5-8,14H2. The molecule has 1 aromatic rings. The van der Waals surface area contributed by atoms with Crippen LogP contribution in [0.4, 0.5) is 0 Å². The van der Waals surface area contributed by atoms with E-state index in [-0.39, 0.29) is 0 Å². The van der Waals surface area contributed by atoms with Crippen molar-refractivity contribution in [1.29, 1.82) is 0 Å². The molecule has 2 unspecified atom stereocenters. The number of hydrogen-bond donors (Lipinski definition) is 3. The van der Waals surface area contributed by atoms with Gasteiger partial charge in [-0.05, 0) is 30.5 Å². The van der Waals surface area contributed by atoms with E-state index in [0.29, 0.717) is 24.4 Å². The second-order valence-corrected chi connectivity index (χ2v) is 4.15. The number of benzene rings is 1. The lowest BCUT2D eigenvalue weighted by Crippen LogP contribution is -2.18. The Morgan fingerprint density at radius 3 is 2.31 bits per heavy atom. The SMILES string of the molecule is NCCc1ccc(C(O)C(O)CCCl)cc1. The van der Waals surface area contributed by atoms with Crippen LogP contribution in [0.15, 0.2) is 24.3 Å². The predicted molar refractivity (Wildman–Crippen MR) is 65.5 cm³/mol. The quantitative estimate of drug-likeness (QED) is 0.658. The molecule has 2 atom stereocenters. The molecule has 1 rings (SSSR count). The lowest BCUT2D eigenvalue weighted by atomic mass is 10.0. The van der Waals surface area contributed by atoms with Gasteiger partial charge < -0.3 is 15.9 Å². The first-order chi connectivity index (χ1) is 7.69. The molecule has 0 aliphatic rings. The summed E-state index contributed by atoms with van der Waals surface area (Å²) in [5.74, 6) is 0.337. The Balaban J connectivity index is 2.65. The predicted octanol–water partition coefficient (Wildman–Crippen LogP) is 1.21. The average molecular weight is 244 g/mol. The lowest BCUT2D eigenvalue weighted by molar-refractivity contribution is 0.0170. The monoisotopic (exact) mass is 243 g/mol. The molecule has 0 radical (unpaired) electrons. The van der Waals surface area contributed by atoms with E-state index in [1.165, 1.54) is 0 Å². The maximum atomic E-state index is 9.81. The van der Waals surface area contributed by atoms with Crippen LogP contribution in [-0.2, 0) is 6.42 Å². The fourth-order valence-electron chi connectivity index (χ4n) is 1.54. The summed E-state index contributed by atoms with van der Waals surface area (Å²) in [5.41, 5.74) is 7.28. The molecule has 0 saturated heterocycles. The van der Waals surface area contributed by atoms with Crippen LogP contribution in [0.3, 0.4) is 0 Å². The van der Waals surface area contributed by atoms with Gasteiger partial charge in [-0.15, -0.1) is 11.6 Å². The van der Waals surface area contributed by atoms with Crippen molar-refractivity contribution in [3.05, 3.63) is 35.4 Å². The van der Waals surface area contributed by atoms with E-state index in [0.717, 1.165) is 12.0 Å². The van der Waals surface area contributed by atoms with E-state index in [4.69, 9.17) is 17.3 Å². The Labute approximate surface area is 101 Å². The minimum absolute atomic E-state index is 0.337. The van der Waals surface area contributed by atoms with Gasteiger partial charge >= 0.3 is 0 Å². The van der Waals surface area contributed by atoms with Gasteiger partial charge in [-0.3, -0.25) is 0 Å². The molecule has 0 spiro atoms. The van der Waals surface area contributed by atoms with Crippen molar-refractivity contribution in [3.63, 3.8) is 0 Å². The molecule has 90 valence electrons. The van der Waals surface area contributed by atoms with Gasteiger partial charge in [-0.2, -0.15) is 0 Å². The molecule has 0 bridgehead atoms. The zero-order valence-electron chi connectivity index (χ0n) is 9.14. The first-order valence-corrected chi connectivity index (χ1v) is 5.93. The van der Waals surface area contributed by atoms with E-state index in [1.807, 2.05) is 24.3 Å². The highest BCUT2D eigenvalue weighted by Crippen LogP contribution is 2.19. The van der Waals surface area contributed by atoms with Crippen LogP contribution >= 0.6 is 11.6 Å². The normalized spacial score (nSPS) is 14.8. The summed E-state index contributed by atoms with van der Waals surface area (Å²) >= 11 is 5.51. The van der Waals surface area contributed by atoms with Gasteiger partial charge in [0.1, 0.15) is 6.10 Å². The summed E-state index contributed by atoms with van der Waals surface area (Å²) in [6.07, 6.45) is -0.475. The smallest absolute Gasteiger partial charge is 0.105 e. The third kappa shape index (κ3) is 3.76. The number of rotatable bonds is 6. The van der Waals surface area contributed by atoms with Crippen LogP contribution in [0.25, 0.3) is 0 Å². The maximum absolute atomic E-state index is 9.81. The van der Waals surface area contributed by atoms with E-state index >= 15 is 0 Å². The fourth-order valence-corrected chi connectivity index (χ4v) is 1.76. The van der Waals surface area contributed by atoms with E-state index < -0.39 is 12.2 Å². The third-order valence-electron chi connectivity index (χ3n) is 2.52. The molecule has 0 aliphatic carbocycles. The number of nitrogens with two attached hydrogens (primary N) is 1. The first-order valence-electron chi connectivity index (χ1n) is 5.40.